The number of aliphatic hydroxyl groups is 14. The fourth-order valence-corrected chi connectivity index (χ4v) is 10.4. The van der Waals surface area contributed by atoms with E-state index in [1.54, 1.807) is 42.3 Å². The lowest BCUT2D eigenvalue weighted by molar-refractivity contribution is -0.352. The van der Waals surface area contributed by atoms with Gasteiger partial charge in [-0.3, -0.25) is 29.2 Å². The zero-order chi connectivity index (χ0) is 63.7. The summed E-state index contributed by atoms with van der Waals surface area (Å²) < 4.78 is 28.2. The molecule has 24 unspecified atom stereocenters. The Hall–Kier alpha value is -6.59. The number of likely N-dealkylation sites (N-methyl/N-ethyl adjacent to an activating group) is 1. The minimum Gasteiger partial charge on any atom is -0.462 e. The maximum atomic E-state index is 14.9. The highest BCUT2D eigenvalue weighted by Gasteiger charge is 2.54. The summed E-state index contributed by atoms with van der Waals surface area (Å²) in [5.74, 6) is -5.28. The Balaban J connectivity index is 1.15. The number of hydrogen-bond donors (Lipinski definition) is 21. The molecule has 2 aromatic rings. The summed E-state index contributed by atoms with van der Waals surface area (Å²) in [6.07, 6.45) is -30.9. The van der Waals surface area contributed by atoms with Crippen molar-refractivity contribution in [3.63, 3.8) is 0 Å². The van der Waals surface area contributed by atoms with Gasteiger partial charge < -0.3 is 148 Å². The van der Waals surface area contributed by atoms with Gasteiger partial charge in [-0.2, -0.15) is 0 Å². The lowest BCUT2D eigenvalue weighted by atomic mass is 9.95. The van der Waals surface area contributed by atoms with Crippen LogP contribution in [0.3, 0.4) is 0 Å². The Kier molecular flexibility index (Phi) is 23.5. The number of guanidine groups is 2. The molecule has 5 heterocycles. The molecule has 35 nitrogen and oxygen atoms in total. The summed E-state index contributed by atoms with van der Waals surface area (Å²) in [6, 6.07) is 2.71. The number of hydrogen-bond acceptors (Lipinski definition) is 31. The number of aliphatic hydroxyl groups excluding tert-OH is 14. The number of nitrogens with zero attached hydrogens (tertiary/aromatic N) is 4. The summed E-state index contributed by atoms with van der Waals surface area (Å²) in [5, 5.41) is 161. The van der Waals surface area contributed by atoms with E-state index in [-0.39, 0.29) is 36.5 Å². The molecule has 0 aromatic heterocycles. The average Bonchev–Trinajstić information content (AvgIpc) is 2.15. The number of aldehydes is 1. The summed E-state index contributed by atoms with van der Waals surface area (Å²) in [4.78, 5) is 80.6. The van der Waals surface area contributed by atoms with Crippen LogP contribution in [0.2, 0.25) is 0 Å². The van der Waals surface area contributed by atoms with Crippen molar-refractivity contribution >= 4 is 47.5 Å². The van der Waals surface area contributed by atoms with E-state index in [2.05, 4.69) is 36.6 Å². The second kappa shape index (κ2) is 30.1. The zero-order valence-electron chi connectivity index (χ0n) is 46.9. The van der Waals surface area contributed by atoms with Crippen LogP contribution < -0.4 is 47.7 Å². The molecule has 5 aliphatic heterocycles. The van der Waals surface area contributed by atoms with Crippen LogP contribution in [0.25, 0.3) is 0 Å². The Bertz CT molecular complexity index is 2690. The van der Waals surface area contributed by atoms with Gasteiger partial charge in [0, 0.05) is 19.2 Å². The molecule has 0 aliphatic carbocycles. The van der Waals surface area contributed by atoms with Gasteiger partial charge in [0.05, 0.1) is 51.6 Å². The number of amides is 4. The van der Waals surface area contributed by atoms with Gasteiger partial charge in [-0.05, 0) is 36.8 Å². The van der Waals surface area contributed by atoms with Gasteiger partial charge in [-0.25, -0.2) is 0 Å². The van der Waals surface area contributed by atoms with Crippen molar-refractivity contribution in [2.24, 2.45) is 21.5 Å². The Morgan fingerprint density at radius 3 is 1.86 bits per heavy atom. The molecule has 3 fully saturated rings. The molecule has 4 amide bonds. The molecule has 7 rings (SSSR count). The minimum atomic E-state index is -2.25. The number of rotatable bonds is 26. The van der Waals surface area contributed by atoms with Crippen molar-refractivity contribution in [2.45, 2.75) is 160 Å². The number of para-hydroxylation sites is 1. The van der Waals surface area contributed by atoms with Crippen LogP contribution in [0.4, 0.5) is 5.69 Å². The molecule has 24 atom stereocenters. The van der Waals surface area contributed by atoms with E-state index in [0.717, 1.165) is 4.90 Å². The highest BCUT2D eigenvalue weighted by molar-refractivity contribution is 5.96. The highest BCUT2D eigenvalue weighted by Crippen LogP contribution is 2.32. The summed E-state index contributed by atoms with van der Waals surface area (Å²) in [5.41, 5.74) is 12.9. The summed E-state index contributed by atoms with van der Waals surface area (Å²) in [6.45, 7) is -2.76. The molecule has 23 N–H and O–H groups in total. The van der Waals surface area contributed by atoms with E-state index in [9.17, 15) is 95.5 Å². The van der Waals surface area contributed by atoms with Crippen LogP contribution in [-0.2, 0) is 49.3 Å². The van der Waals surface area contributed by atoms with Gasteiger partial charge in [0.2, 0.25) is 29.9 Å². The van der Waals surface area contributed by atoms with Gasteiger partial charge in [0.1, 0.15) is 128 Å². The second-order valence-corrected chi connectivity index (χ2v) is 21.4. The first-order chi connectivity index (χ1) is 41.4. The molecular formula is C52H77N11O24. The molecule has 5 aliphatic rings. The van der Waals surface area contributed by atoms with Gasteiger partial charge >= 0.3 is 0 Å². The number of nitrogens with two attached hydrogens (primary N) is 2. The Morgan fingerprint density at radius 2 is 1.26 bits per heavy atom. The monoisotopic (exact) mass is 1240 g/mol. The first-order valence-electron chi connectivity index (χ1n) is 27.6. The molecule has 0 bridgehead atoms. The fourth-order valence-electron chi connectivity index (χ4n) is 10.4. The summed E-state index contributed by atoms with van der Waals surface area (Å²) in [7, 11) is 1.61. The van der Waals surface area contributed by atoms with Crippen LogP contribution in [-0.4, -0.2) is 311 Å². The van der Waals surface area contributed by atoms with Crippen molar-refractivity contribution in [3.05, 3.63) is 60.2 Å². The number of anilines is 1. The predicted molar refractivity (Wildman–Crippen MR) is 294 cm³/mol. The lowest BCUT2D eigenvalue weighted by Gasteiger charge is -2.46. The van der Waals surface area contributed by atoms with Gasteiger partial charge in [0.25, 0.3) is 0 Å². The van der Waals surface area contributed by atoms with E-state index >= 15 is 0 Å². The molecule has 3 saturated heterocycles. The predicted octanol–water partition coefficient (Wildman–Crippen LogP) is -12.3. The zero-order valence-corrected chi connectivity index (χ0v) is 46.9. The maximum absolute atomic E-state index is 14.9. The number of carbonyl (C=O) groups is 5. The van der Waals surface area contributed by atoms with Crippen molar-refractivity contribution < 1.29 is 119 Å². The number of carbonyl (C=O) groups excluding carboxylic acids is 5. The molecular weight excluding hydrogens is 1160 g/mol. The first-order valence-corrected chi connectivity index (χ1v) is 27.6. The van der Waals surface area contributed by atoms with Crippen molar-refractivity contribution in [3.8, 4) is 5.75 Å². The lowest BCUT2D eigenvalue weighted by Crippen LogP contribution is -2.70. The molecule has 2 aromatic carbocycles. The van der Waals surface area contributed by atoms with E-state index in [1.165, 1.54) is 31.2 Å². The van der Waals surface area contributed by atoms with E-state index in [1.807, 2.05) is 0 Å². The smallest absolute Gasteiger partial charge is 0.246 e. The number of aliphatic imine (C=N–C) groups is 2. The number of nitrogens with one attached hydrogen (secondary N) is 5. The van der Waals surface area contributed by atoms with Crippen LogP contribution in [0.15, 0.2) is 64.6 Å². The first kappa shape index (κ1) is 67.9. The van der Waals surface area contributed by atoms with Gasteiger partial charge in [-0.1, -0.05) is 30.3 Å². The van der Waals surface area contributed by atoms with Crippen LogP contribution in [0, 0.1) is 0 Å². The third-order valence-electron chi connectivity index (χ3n) is 15.7. The quantitative estimate of drug-likeness (QED) is 0.0389. The van der Waals surface area contributed by atoms with Crippen molar-refractivity contribution in [1.82, 2.24) is 31.5 Å². The summed E-state index contributed by atoms with van der Waals surface area (Å²) >= 11 is 0. The molecule has 35 heteroatoms. The molecule has 87 heavy (non-hydrogen) atoms. The maximum Gasteiger partial charge on any atom is 0.246 e. The second-order valence-electron chi connectivity index (χ2n) is 21.4. The number of benzene rings is 2. The molecule has 0 radical (unpaired) electrons. The largest absolute Gasteiger partial charge is 0.462 e. The van der Waals surface area contributed by atoms with Crippen LogP contribution in [0.1, 0.15) is 12.5 Å². The standard InChI is InChI=1S/C52H77N11O24/c1-20(62(2)23-6-4-3-5-7-23)44(79)58-25(12-21-8-10-24(11-9-21)83-49-42(78)39(75)43(30(19-68)86-49)87-50-41(77)38(74)36(72)29(18-67)85-50)45(80)60-31(33(69)26-13-55-51(53)59-26)47(82)61-32(46(81)57-22(15-64)16-65)34(70)27-14-56-52(54)63(27)48-40(76)37(73)35(71)28(17-66)84-48/h3-11,15,20,22,25-43,48-50,65-78H,12-14,16-19H2,1-2H3,(H2,54,56)(H,57,81)(H,58,79)(H,60,80)(H,61,82)(H3,53,55,59). The topological polar surface area (TPSA) is 558 Å². The average molecular weight is 1240 g/mol. The third-order valence-corrected chi connectivity index (χ3v) is 15.7. The number of ether oxygens (including phenoxy) is 5. The van der Waals surface area contributed by atoms with Gasteiger partial charge in [-0.15, -0.1) is 0 Å². The van der Waals surface area contributed by atoms with Crippen LogP contribution in [0.5, 0.6) is 5.75 Å². The van der Waals surface area contributed by atoms with Crippen molar-refractivity contribution in [2.75, 3.05) is 51.5 Å². The van der Waals surface area contributed by atoms with E-state index < -0.39 is 209 Å². The van der Waals surface area contributed by atoms with Crippen LogP contribution >= 0.6 is 0 Å². The third kappa shape index (κ3) is 15.5. The SMILES string of the molecule is CC(C(=O)NC(Cc1ccc(OC2OC(CO)C(OC3OC(CO)C(O)C(O)C3O)C(O)C2O)cc1)C(=O)NC(C(=O)NC(C(=O)NC(C=O)CO)C(O)C1CN=C(N)N1C1OC(CO)C(O)C(O)C1O)C(O)C1CN=C(N)N1)N(C)c1ccccc1. The van der Waals surface area contributed by atoms with Crippen molar-refractivity contribution in [1.29, 1.82) is 0 Å². The molecule has 484 valence electrons. The minimum absolute atomic E-state index is 0.0315. The van der Waals surface area contributed by atoms with E-state index in [0.29, 0.717) is 5.69 Å². The molecule has 0 spiro atoms. The Morgan fingerprint density at radius 1 is 0.690 bits per heavy atom. The highest BCUT2D eigenvalue weighted by atomic mass is 16.7. The normalized spacial score (nSPS) is 33.2. The fraction of sp³-hybridized carbons (Fsp3) is 0.635. The molecule has 0 saturated carbocycles. The van der Waals surface area contributed by atoms with Gasteiger partial charge in [0.15, 0.2) is 24.4 Å². The van der Waals surface area contributed by atoms with E-state index in [4.69, 9.17) is 35.2 Å². The Labute approximate surface area is 495 Å².